The first-order valence-electron chi connectivity index (χ1n) is 9.31. The number of carbonyl (C=O) groups is 2. The summed E-state index contributed by atoms with van der Waals surface area (Å²) in [5.41, 5.74) is -1.39. The SMILES string of the molecule is CC(=O)Nc1ccc(C(F)(F)F)cc1NC(=O)CS(=O)(=O)Nc1ccc(OC(C)C)cc1. The Hall–Kier alpha value is -3.28. The topological polar surface area (TPSA) is 114 Å². The van der Waals surface area contributed by atoms with E-state index in [1.165, 1.54) is 12.1 Å². The molecule has 0 radical (unpaired) electrons. The summed E-state index contributed by atoms with van der Waals surface area (Å²) in [5.74, 6) is -2.22. The van der Waals surface area contributed by atoms with Gasteiger partial charge in [0.2, 0.25) is 21.8 Å². The molecule has 2 amide bonds. The lowest BCUT2D eigenvalue weighted by Crippen LogP contribution is -2.28. The summed E-state index contributed by atoms with van der Waals surface area (Å²) in [6.45, 7) is 4.79. The van der Waals surface area contributed by atoms with Gasteiger partial charge in [0.05, 0.1) is 23.0 Å². The van der Waals surface area contributed by atoms with Gasteiger partial charge in [-0.1, -0.05) is 0 Å². The average molecular weight is 473 g/mol. The van der Waals surface area contributed by atoms with E-state index in [0.717, 1.165) is 19.1 Å². The van der Waals surface area contributed by atoms with Crippen molar-refractivity contribution in [2.45, 2.75) is 33.1 Å². The standard InChI is InChI=1S/C20H22F3N3O5S/c1-12(2)31-16-7-5-15(6-8-16)26-32(29,30)11-19(28)25-18-10-14(20(21,22)23)4-9-17(18)24-13(3)27/h4-10,12,26H,11H2,1-3H3,(H,24,27)(H,25,28). The normalized spacial score (nSPS) is 11.7. The highest BCUT2D eigenvalue weighted by Gasteiger charge is 2.31. The van der Waals surface area contributed by atoms with Crippen LogP contribution in [-0.2, 0) is 25.8 Å². The third-order valence-corrected chi connectivity index (χ3v) is 4.94. The van der Waals surface area contributed by atoms with E-state index in [2.05, 4.69) is 15.4 Å². The summed E-state index contributed by atoms with van der Waals surface area (Å²) in [6, 6.07) is 8.26. The number of nitrogens with one attached hydrogen (secondary N) is 3. The molecule has 0 bridgehead atoms. The van der Waals surface area contributed by atoms with E-state index in [-0.39, 0.29) is 23.2 Å². The molecule has 0 atom stereocenters. The summed E-state index contributed by atoms with van der Waals surface area (Å²) >= 11 is 0. The number of ether oxygens (including phenoxy) is 1. The van der Waals surface area contributed by atoms with Crippen LogP contribution in [0.25, 0.3) is 0 Å². The molecule has 2 aromatic rings. The third-order valence-electron chi connectivity index (χ3n) is 3.75. The Kier molecular flexibility index (Phi) is 7.73. The van der Waals surface area contributed by atoms with Crippen LogP contribution in [0.5, 0.6) is 5.75 Å². The molecule has 8 nitrogen and oxygen atoms in total. The molecule has 0 aliphatic heterocycles. The van der Waals surface area contributed by atoms with Crippen LogP contribution >= 0.6 is 0 Å². The number of carbonyl (C=O) groups excluding carboxylic acids is 2. The first kappa shape index (κ1) is 25.0. The molecule has 12 heteroatoms. The lowest BCUT2D eigenvalue weighted by Gasteiger charge is -2.15. The number of alkyl halides is 3. The van der Waals surface area contributed by atoms with E-state index in [1.54, 1.807) is 12.1 Å². The van der Waals surface area contributed by atoms with Crippen LogP contribution in [0, 0.1) is 0 Å². The summed E-state index contributed by atoms with van der Waals surface area (Å²) in [6.07, 6.45) is -4.77. The molecule has 32 heavy (non-hydrogen) atoms. The highest BCUT2D eigenvalue weighted by atomic mass is 32.2. The summed E-state index contributed by atoms with van der Waals surface area (Å²) in [5, 5.41) is 4.39. The van der Waals surface area contributed by atoms with Crippen molar-refractivity contribution >= 4 is 38.9 Å². The molecule has 0 aromatic heterocycles. The van der Waals surface area contributed by atoms with Crippen molar-refractivity contribution in [3.8, 4) is 5.75 Å². The van der Waals surface area contributed by atoms with Gasteiger partial charge in [0.25, 0.3) is 0 Å². The Morgan fingerprint density at radius 2 is 1.62 bits per heavy atom. The fraction of sp³-hybridized carbons (Fsp3) is 0.300. The second kappa shape index (κ2) is 9.90. The monoisotopic (exact) mass is 473 g/mol. The van der Waals surface area contributed by atoms with Gasteiger partial charge in [-0.3, -0.25) is 14.3 Å². The predicted octanol–water partition coefficient (Wildman–Crippen LogP) is 3.83. The average Bonchev–Trinajstić information content (AvgIpc) is 2.62. The lowest BCUT2D eigenvalue weighted by molar-refractivity contribution is -0.137. The molecule has 0 spiro atoms. The number of hydrogen-bond acceptors (Lipinski definition) is 5. The van der Waals surface area contributed by atoms with Crippen molar-refractivity contribution in [2.24, 2.45) is 0 Å². The van der Waals surface area contributed by atoms with Crippen molar-refractivity contribution < 1.29 is 35.9 Å². The zero-order chi connectivity index (χ0) is 24.1. The first-order chi connectivity index (χ1) is 14.7. The van der Waals surface area contributed by atoms with Gasteiger partial charge in [-0.25, -0.2) is 8.42 Å². The van der Waals surface area contributed by atoms with Crippen LogP contribution in [0.2, 0.25) is 0 Å². The van der Waals surface area contributed by atoms with E-state index < -0.39 is 39.3 Å². The van der Waals surface area contributed by atoms with E-state index in [1.807, 2.05) is 13.8 Å². The highest BCUT2D eigenvalue weighted by molar-refractivity contribution is 7.93. The summed E-state index contributed by atoms with van der Waals surface area (Å²) < 4.78 is 71.2. The Labute approximate surface area is 183 Å². The molecule has 174 valence electrons. The molecule has 2 aromatic carbocycles. The Balaban J connectivity index is 2.13. The van der Waals surface area contributed by atoms with Crippen molar-refractivity contribution in [1.29, 1.82) is 0 Å². The molecule has 3 N–H and O–H groups in total. The summed E-state index contributed by atoms with van der Waals surface area (Å²) in [4.78, 5) is 23.5. The Morgan fingerprint density at radius 1 is 1.00 bits per heavy atom. The van der Waals surface area contributed by atoms with E-state index in [0.29, 0.717) is 11.8 Å². The third kappa shape index (κ3) is 7.76. The minimum absolute atomic E-state index is 0.0699. The maximum absolute atomic E-state index is 13.0. The smallest absolute Gasteiger partial charge is 0.416 e. The van der Waals surface area contributed by atoms with Crippen LogP contribution in [-0.4, -0.2) is 32.1 Å². The van der Waals surface area contributed by atoms with E-state index >= 15 is 0 Å². The van der Waals surface area contributed by atoms with Crippen LogP contribution in [0.3, 0.4) is 0 Å². The quantitative estimate of drug-likeness (QED) is 0.539. The van der Waals surface area contributed by atoms with Gasteiger partial charge in [0.1, 0.15) is 11.5 Å². The van der Waals surface area contributed by atoms with Crippen LogP contribution in [0.4, 0.5) is 30.2 Å². The molecule has 0 aliphatic rings. The Bertz CT molecular complexity index is 1080. The van der Waals surface area contributed by atoms with Crippen molar-refractivity contribution in [3.63, 3.8) is 0 Å². The lowest BCUT2D eigenvalue weighted by atomic mass is 10.1. The number of rotatable bonds is 8. The fourth-order valence-corrected chi connectivity index (χ4v) is 3.56. The number of sulfonamides is 1. The zero-order valence-electron chi connectivity index (χ0n) is 17.4. The molecule has 0 unspecified atom stereocenters. The largest absolute Gasteiger partial charge is 0.491 e. The van der Waals surface area contributed by atoms with Gasteiger partial charge in [-0.05, 0) is 56.3 Å². The summed E-state index contributed by atoms with van der Waals surface area (Å²) in [7, 11) is -4.18. The molecular weight excluding hydrogens is 451 g/mol. The van der Waals surface area contributed by atoms with Gasteiger partial charge < -0.3 is 15.4 Å². The van der Waals surface area contributed by atoms with Crippen molar-refractivity contribution in [2.75, 3.05) is 21.1 Å². The molecule has 2 rings (SSSR count). The number of anilines is 3. The van der Waals surface area contributed by atoms with Crippen LogP contribution in [0.15, 0.2) is 42.5 Å². The van der Waals surface area contributed by atoms with E-state index in [4.69, 9.17) is 4.74 Å². The molecule has 0 aliphatic carbocycles. The zero-order valence-corrected chi connectivity index (χ0v) is 18.2. The van der Waals surface area contributed by atoms with Crippen molar-refractivity contribution in [3.05, 3.63) is 48.0 Å². The van der Waals surface area contributed by atoms with Crippen molar-refractivity contribution in [1.82, 2.24) is 0 Å². The molecule has 0 heterocycles. The minimum Gasteiger partial charge on any atom is -0.491 e. The van der Waals surface area contributed by atoms with Gasteiger partial charge >= 0.3 is 6.18 Å². The predicted molar refractivity (Wildman–Crippen MR) is 114 cm³/mol. The second-order valence-corrected chi connectivity index (χ2v) is 8.76. The minimum atomic E-state index is -4.70. The number of hydrogen-bond donors (Lipinski definition) is 3. The first-order valence-corrected chi connectivity index (χ1v) is 11.0. The number of halogens is 3. The fourth-order valence-electron chi connectivity index (χ4n) is 2.57. The Morgan fingerprint density at radius 3 is 2.16 bits per heavy atom. The number of benzene rings is 2. The van der Waals surface area contributed by atoms with Crippen LogP contribution in [0.1, 0.15) is 26.3 Å². The maximum Gasteiger partial charge on any atom is 0.416 e. The van der Waals surface area contributed by atoms with Crippen LogP contribution < -0.4 is 20.1 Å². The van der Waals surface area contributed by atoms with Gasteiger partial charge in [-0.15, -0.1) is 0 Å². The van der Waals surface area contributed by atoms with Gasteiger partial charge in [0.15, 0.2) is 0 Å². The van der Waals surface area contributed by atoms with Gasteiger partial charge in [-0.2, -0.15) is 13.2 Å². The molecule has 0 fully saturated rings. The number of amides is 2. The van der Waals surface area contributed by atoms with E-state index in [9.17, 15) is 31.2 Å². The molecular formula is C20H22F3N3O5S. The van der Waals surface area contributed by atoms with Gasteiger partial charge in [0, 0.05) is 12.6 Å². The highest BCUT2D eigenvalue weighted by Crippen LogP contribution is 2.34. The molecule has 0 saturated carbocycles. The molecule has 0 saturated heterocycles. The second-order valence-electron chi connectivity index (χ2n) is 7.04. The maximum atomic E-state index is 13.0.